The van der Waals surface area contributed by atoms with E-state index in [1.54, 1.807) is 24.4 Å². The van der Waals surface area contributed by atoms with Gasteiger partial charge in [-0.1, -0.05) is 37.6 Å². The van der Waals surface area contributed by atoms with Crippen molar-refractivity contribution in [2.45, 2.75) is 32.4 Å². The molecule has 0 spiro atoms. The third-order valence-electron chi connectivity index (χ3n) is 7.97. The zero-order valence-corrected chi connectivity index (χ0v) is 24.5. The van der Waals surface area contributed by atoms with Gasteiger partial charge in [0.1, 0.15) is 6.04 Å². The molecule has 2 aromatic carbocycles. The number of nitrogens with one attached hydrogen (secondary N) is 1. The number of benzene rings is 2. The number of hydrogen-bond donors (Lipinski definition) is 2. The van der Waals surface area contributed by atoms with Gasteiger partial charge in [0.05, 0.1) is 28.0 Å². The monoisotopic (exact) mass is 585 g/mol. The predicted molar refractivity (Wildman–Crippen MR) is 167 cm³/mol. The summed E-state index contributed by atoms with van der Waals surface area (Å²) in [6.45, 7) is 6.56. The molecule has 2 saturated heterocycles. The third kappa shape index (κ3) is 5.29. The molecule has 0 aliphatic carbocycles. The van der Waals surface area contributed by atoms with E-state index >= 15 is 0 Å². The number of carbonyl (C=O) groups is 1. The van der Waals surface area contributed by atoms with Crippen molar-refractivity contribution in [3.05, 3.63) is 107 Å². The number of thiocarbonyl (C=S) groups is 1. The number of nitrogens with zero attached hydrogens (tertiary/aromatic N) is 4. The number of anilines is 2. The van der Waals surface area contributed by atoms with Crippen LogP contribution in [0.4, 0.5) is 11.4 Å². The SMILES string of the molecule is C[C@@H]1C[C@@H](C)CN(c2ccc(N3C(=S)N[C@@H](c4ccccn4)[C@@H]3c3cccn3-c3cccc(C(=O)O)c3)cc2Cl)C1. The van der Waals surface area contributed by atoms with E-state index in [1.807, 2.05) is 53.2 Å². The molecular formula is C32H32ClN5O2S. The first-order valence-electron chi connectivity index (χ1n) is 13.9. The Balaban J connectivity index is 1.43. The Morgan fingerprint density at radius 3 is 2.51 bits per heavy atom. The molecule has 0 unspecified atom stereocenters. The minimum Gasteiger partial charge on any atom is -0.478 e. The second-order valence-electron chi connectivity index (χ2n) is 11.1. The first kappa shape index (κ1) is 27.3. The Labute approximate surface area is 250 Å². The quantitative estimate of drug-likeness (QED) is 0.239. The smallest absolute Gasteiger partial charge is 0.335 e. The zero-order chi connectivity index (χ0) is 28.7. The maximum absolute atomic E-state index is 11.7. The number of halogens is 1. The van der Waals surface area contributed by atoms with Crippen LogP contribution in [-0.4, -0.2) is 38.8 Å². The van der Waals surface area contributed by atoms with Gasteiger partial charge in [-0.15, -0.1) is 0 Å². The molecule has 7 nitrogen and oxygen atoms in total. The van der Waals surface area contributed by atoms with E-state index < -0.39 is 5.97 Å². The highest BCUT2D eigenvalue weighted by Crippen LogP contribution is 2.44. The maximum atomic E-state index is 11.7. The molecule has 0 saturated carbocycles. The lowest BCUT2D eigenvalue weighted by molar-refractivity contribution is 0.0697. The lowest BCUT2D eigenvalue weighted by Crippen LogP contribution is -2.38. The van der Waals surface area contributed by atoms with Crippen LogP contribution in [0.25, 0.3) is 5.69 Å². The normalized spacial score (nSPS) is 22.6. The van der Waals surface area contributed by atoms with Crippen LogP contribution >= 0.6 is 23.8 Å². The molecule has 0 amide bonds. The fourth-order valence-corrected chi connectivity index (χ4v) is 6.99. The number of rotatable bonds is 6. The summed E-state index contributed by atoms with van der Waals surface area (Å²) in [5, 5.41) is 14.4. The Kier molecular flexibility index (Phi) is 7.45. The van der Waals surface area contributed by atoms with E-state index in [-0.39, 0.29) is 17.6 Å². The molecule has 2 aliphatic heterocycles. The molecule has 210 valence electrons. The van der Waals surface area contributed by atoms with Crippen molar-refractivity contribution in [3.8, 4) is 5.69 Å². The average Bonchev–Trinajstić information content (AvgIpc) is 3.57. The summed E-state index contributed by atoms with van der Waals surface area (Å²) in [6.07, 6.45) is 4.95. The second kappa shape index (κ2) is 11.2. The van der Waals surface area contributed by atoms with Gasteiger partial charge in [-0.2, -0.15) is 0 Å². The van der Waals surface area contributed by atoms with Gasteiger partial charge in [0.2, 0.25) is 0 Å². The van der Waals surface area contributed by atoms with Crippen molar-refractivity contribution in [1.82, 2.24) is 14.9 Å². The highest BCUT2D eigenvalue weighted by atomic mass is 35.5. The first-order chi connectivity index (χ1) is 19.8. The number of aromatic nitrogens is 2. The Morgan fingerprint density at radius 1 is 1.00 bits per heavy atom. The second-order valence-corrected chi connectivity index (χ2v) is 11.9. The van der Waals surface area contributed by atoms with Gasteiger partial charge in [-0.25, -0.2) is 4.79 Å². The molecule has 4 aromatic rings. The van der Waals surface area contributed by atoms with Crippen LogP contribution in [0.1, 0.15) is 54.1 Å². The topological polar surface area (TPSA) is 73.6 Å². The average molecular weight is 586 g/mol. The molecule has 4 heterocycles. The van der Waals surface area contributed by atoms with Gasteiger partial charge in [-0.3, -0.25) is 4.98 Å². The fourth-order valence-electron chi connectivity index (χ4n) is 6.35. The summed E-state index contributed by atoms with van der Waals surface area (Å²) in [7, 11) is 0. The molecular weight excluding hydrogens is 554 g/mol. The number of aromatic carboxylic acids is 1. The number of piperidine rings is 1. The molecule has 9 heteroatoms. The number of pyridine rings is 1. The van der Waals surface area contributed by atoms with E-state index in [1.165, 1.54) is 6.42 Å². The van der Waals surface area contributed by atoms with Crippen LogP contribution in [0.2, 0.25) is 5.02 Å². The molecule has 2 N–H and O–H groups in total. The van der Waals surface area contributed by atoms with E-state index in [2.05, 4.69) is 46.1 Å². The van der Waals surface area contributed by atoms with Crippen LogP contribution in [0.5, 0.6) is 0 Å². The minimum atomic E-state index is -0.968. The molecule has 2 aromatic heterocycles. The lowest BCUT2D eigenvalue weighted by Gasteiger charge is -2.37. The summed E-state index contributed by atoms with van der Waals surface area (Å²) in [5.41, 5.74) is 4.69. The number of carboxylic acid groups (broad SMARTS) is 1. The van der Waals surface area contributed by atoms with E-state index in [9.17, 15) is 9.90 Å². The fraction of sp³-hybridized carbons (Fsp3) is 0.281. The molecule has 6 rings (SSSR count). The van der Waals surface area contributed by atoms with Crippen LogP contribution < -0.4 is 15.1 Å². The van der Waals surface area contributed by atoms with Crippen molar-refractivity contribution in [1.29, 1.82) is 0 Å². The molecule has 0 bridgehead atoms. The summed E-state index contributed by atoms with van der Waals surface area (Å²) < 4.78 is 2.02. The van der Waals surface area contributed by atoms with Crippen LogP contribution in [-0.2, 0) is 0 Å². The molecule has 4 atom stereocenters. The highest BCUT2D eigenvalue weighted by molar-refractivity contribution is 7.80. The molecule has 2 aliphatic rings. The largest absolute Gasteiger partial charge is 0.478 e. The standard InChI is InChI=1S/C32H32ClN5O2S/c1-20-15-21(2)19-36(18-20)27-12-11-24(17-25(27)33)38-30(29(35-32(38)41)26-9-3-4-13-34-26)28-10-6-14-37(28)23-8-5-7-22(16-23)31(39)40/h3-14,16-17,20-21,29-30H,15,18-19H2,1-2H3,(H,35,41)(H,39,40)/t20-,21-,29+,30+/m1/s1. The number of carboxylic acids is 1. The van der Waals surface area contributed by atoms with E-state index in [0.717, 1.165) is 41.5 Å². The summed E-state index contributed by atoms with van der Waals surface area (Å²) in [4.78, 5) is 20.9. The predicted octanol–water partition coefficient (Wildman–Crippen LogP) is 6.88. The van der Waals surface area contributed by atoms with Crippen LogP contribution in [0.3, 0.4) is 0 Å². The van der Waals surface area contributed by atoms with Gasteiger partial charge in [-0.05, 0) is 91.1 Å². The number of hydrogen-bond acceptors (Lipinski definition) is 4. The Hall–Kier alpha value is -3.88. The summed E-state index contributed by atoms with van der Waals surface area (Å²) >= 11 is 12.9. The van der Waals surface area contributed by atoms with Gasteiger partial charge >= 0.3 is 5.97 Å². The van der Waals surface area contributed by atoms with Gasteiger partial charge in [0, 0.05) is 42.6 Å². The third-order valence-corrected chi connectivity index (χ3v) is 8.59. The molecule has 0 radical (unpaired) electrons. The Morgan fingerprint density at radius 2 is 1.80 bits per heavy atom. The van der Waals surface area contributed by atoms with Crippen LogP contribution in [0.15, 0.2) is 85.2 Å². The van der Waals surface area contributed by atoms with Crippen molar-refractivity contribution in [2.24, 2.45) is 11.8 Å². The lowest BCUT2D eigenvalue weighted by atomic mass is 9.91. The van der Waals surface area contributed by atoms with Gasteiger partial charge in [0.25, 0.3) is 0 Å². The summed E-state index contributed by atoms with van der Waals surface area (Å²) in [5.74, 6) is 0.256. The van der Waals surface area contributed by atoms with Crippen molar-refractivity contribution in [2.75, 3.05) is 22.9 Å². The first-order valence-corrected chi connectivity index (χ1v) is 14.6. The Bertz CT molecular complexity index is 1580. The van der Waals surface area contributed by atoms with Crippen molar-refractivity contribution >= 4 is 46.3 Å². The molecule has 2 fully saturated rings. The minimum absolute atomic E-state index is 0.226. The summed E-state index contributed by atoms with van der Waals surface area (Å²) in [6, 6.07) is 22.5. The highest BCUT2D eigenvalue weighted by Gasteiger charge is 2.42. The van der Waals surface area contributed by atoms with E-state index in [0.29, 0.717) is 22.0 Å². The van der Waals surface area contributed by atoms with Crippen LogP contribution in [0, 0.1) is 11.8 Å². The van der Waals surface area contributed by atoms with Crippen molar-refractivity contribution < 1.29 is 9.90 Å². The molecule has 41 heavy (non-hydrogen) atoms. The van der Waals surface area contributed by atoms with Gasteiger partial charge in [0.15, 0.2) is 5.11 Å². The zero-order valence-electron chi connectivity index (χ0n) is 22.9. The van der Waals surface area contributed by atoms with Gasteiger partial charge < -0.3 is 24.8 Å². The van der Waals surface area contributed by atoms with Crippen molar-refractivity contribution in [3.63, 3.8) is 0 Å². The van der Waals surface area contributed by atoms with E-state index in [4.69, 9.17) is 23.8 Å². The maximum Gasteiger partial charge on any atom is 0.335 e.